The van der Waals surface area contributed by atoms with E-state index in [0.717, 1.165) is 54.0 Å². The molecule has 0 radical (unpaired) electrons. The topological polar surface area (TPSA) is 102 Å². The van der Waals surface area contributed by atoms with Crippen molar-refractivity contribution in [1.29, 1.82) is 0 Å². The number of nitrogens with zero attached hydrogens (tertiary/aromatic N) is 1. The minimum absolute atomic E-state index is 0.0783. The highest BCUT2D eigenvalue weighted by Crippen LogP contribution is 2.45. The fourth-order valence-electron chi connectivity index (χ4n) is 5.25. The van der Waals surface area contributed by atoms with E-state index in [-0.39, 0.29) is 37.0 Å². The number of fused-ring (bicyclic) bond motifs is 1. The number of ether oxygens (including phenoxy) is 3. The predicted molar refractivity (Wildman–Crippen MR) is 157 cm³/mol. The molecule has 1 aliphatic carbocycles. The maximum Gasteiger partial charge on any atom is 0.325 e. The van der Waals surface area contributed by atoms with Crippen LogP contribution in [0.15, 0.2) is 58.7 Å². The molecule has 2 heterocycles. The quantitative estimate of drug-likeness (QED) is 0.273. The van der Waals surface area contributed by atoms with Crippen molar-refractivity contribution in [2.45, 2.75) is 19.9 Å². The Balaban J connectivity index is 1.42. The summed E-state index contributed by atoms with van der Waals surface area (Å²) in [6.45, 7) is 5.52. The molecule has 2 aliphatic rings. The van der Waals surface area contributed by atoms with Crippen molar-refractivity contribution < 1.29 is 32.6 Å². The molecule has 0 atom stereocenters. The lowest BCUT2D eigenvalue weighted by Gasteiger charge is -2.26. The summed E-state index contributed by atoms with van der Waals surface area (Å²) < 4.78 is 36.5. The lowest BCUT2D eigenvalue weighted by atomic mass is 10.00. The zero-order valence-electron chi connectivity index (χ0n) is 23.9. The fourth-order valence-corrected chi connectivity index (χ4v) is 5.25. The summed E-state index contributed by atoms with van der Waals surface area (Å²) >= 11 is 0. The van der Waals surface area contributed by atoms with Gasteiger partial charge in [0.2, 0.25) is 11.7 Å². The van der Waals surface area contributed by atoms with Gasteiger partial charge in [0, 0.05) is 26.2 Å². The van der Waals surface area contributed by atoms with Crippen LogP contribution < -0.4 is 24.8 Å². The van der Waals surface area contributed by atoms with E-state index in [0.29, 0.717) is 22.8 Å². The number of benzene rings is 2. The Labute approximate surface area is 243 Å². The highest BCUT2D eigenvalue weighted by Gasteiger charge is 2.27. The number of rotatable bonds is 10. The molecular weight excluding hydrogens is 541 g/mol. The zero-order chi connectivity index (χ0) is 29.6. The zero-order valence-corrected chi connectivity index (χ0v) is 23.9. The average Bonchev–Trinajstić information content (AvgIpc) is 3.60. The van der Waals surface area contributed by atoms with E-state index in [1.165, 1.54) is 26.4 Å². The highest BCUT2D eigenvalue weighted by molar-refractivity contribution is 6.08. The molecule has 0 saturated carbocycles. The van der Waals surface area contributed by atoms with Gasteiger partial charge in [-0.25, -0.2) is 4.39 Å². The van der Waals surface area contributed by atoms with Gasteiger partial charge in [-0.2, -0.15) is 0 Å². The number of carbonyl (C=O) groups is 2. The second-order valence-corrected chi connectivity index (χ2v) is 10.1. The first-order valence-electron chi connectivity index (χ1n) is 13.8. The van der Waals surface area contributed by atoms with Crippen molar-refractivity contribution >= 4 is 29.1 Å². The normalized spacial score (nSPS) is 16.0. The fraction of sp³-hybridized carbons (Fsp3) is 0.312. The molecule has 2 N–H and O–H groups in total. The van der Waals surface area contributed by atoms with Crippen molar-refractivity contribution in [3.05, 3.63) is 82.6 Å². The van der Waals surface area contributed by atoms with Crippen molar-refractivity contribution in [2.24, 2.45) is 0 Å². The van der Waals surface area contributed by atoms with Crippen molar-refractivity contribution in [2.75, 3.05) is 46.9 Å². The number of carbonyl (C=O) groups excluding carboxylic acids is 2. The summed E-state index contributed by atoms with van der Waals surface area (Å²) in [6, 6.07) is 11.6. The second-order valence-electron chi connectivity index (χ2n) is 10.1. The predicted octanol–water partition coefficient (Wildman–Crippen LogP) is 4.28. The first-order valence-corrected chi connectivity index (χ1v) is 13.8. The Morgan fingerprint density at radius 1 is 1.07 bits per heavy atom. The Morgan fingerprint density at radius 3 is 2.48 bits per heavy atom. The number of allylic oxidation sites excluding steroid dienone is 2. The van der Waals surface area contributed by atoms with E-state index >= 15 is 0 Å². The molecule has 1 saturated heterocycles. The van der Waals surface area contributed by atoms with Crippen LogP contribution in [-0.2, 0) is 16.1 Å². The van der Waals surface area contributed by atoms with Crippen LogP contribution in [0, 0.1) is 5.82 Å². The number of piperazine rings is 1. The average molecular weight is 576 g/mol. The lowest BCUT2D eigenvalue weighted by Crippen LogP contribution is -2.46. The molecule has 0 spiro atoms. The summed E-state index contributed by atoms with van der Waals surface area (Å²) in [5.74, 6) is 0.544. The van der Waals surface area contributed by atoms with Gasteiger partial charge in [-0.3, -0.25) is 14.5 Å². The minimum Gasteiger partial charge on any atom is -0.493 e. The largest absolute Gasteiger partial charge is 0.493 e. The van der Waals surface area contributed by atoms with Gasteiger partial charge in [0.15, 0.2) is 11.5 Å². The minimum atomic E-state index is -0.403. The number of halogens is 1. The molecule has 1 fully saturated rings. The summed E-state index contributed by atoms with van der Waals surface area (Å²) in [5, 5.41) is 6.12. The van der Waals surface area contributed by atoms with Crippen LogP contribution in [0.2, 0.25) is 0 Å². The van der Waals surface area contributed by atoms with Gasteiger partial charge in [0.25, 0.3) is 0 Å². The first-order chi connectivity index (χ1) is 20.4. The molecule has 10 heteroatoms. The van der Waals surface area contributed by atoms with Gasteiger partial charge in [0.05, 0.1) is 40.0 Å². The third kappa shape index (κ3) is 6.56. The second kappa shape index (κ2) is 13.1. The van der Waals surface area contributed by atoms with Crippen molar-refractivity contribution in [3.63, 3.8) is 0 Å². The van der Waals surface area contributed by atoms with Crippen LogP contribution in [0.5, 0.6) is 17.2 Å². The smallest absolute Gasteiger partial charge is 0.325 e. The third-order valence-electron chi connectivity index (χ3n) is 7.40. The van der Waals surface area contributed by atoms with Crippen LogP contribution in [0.25, 0.3) is 17.2 Å². The number of amides is 1. The molecule has 3 aromatic rings. The van der Waals surface area contributed by atoms with Crippen LogP contribution in [-0.4, -0.2) is 63.7 Å². The molecular formula is C32H34FN3O6. The van der Waals surface area contributed by atoms with E-state index in [1.54, 1.807) is 36.6 Å². The van der Waals surface area contributed by atoms with Gasteiger partial charge >= 0.3 is 5.97 Å². The summed E-state index contributed by atoms with van der Waals surface area (Å²) in [7, 11) is 3.00. The van der Waals surface area contributed by atoms with E-state index in [9.17, 15) is 14.0 Å². The van der Waals surface area contributed by atoms with Crippen LogP contribution in [0.3, 0.4) is 0 Å². The van der Waals surface area contributed by atoms with Crippen molar-refractivity contribution in [1.82, 2.24) is 15.5 Å². The van der Waals surface area contributed by atoms with Crippen LogP contribution in [0.1, 0.15) is 35.8 Å². The van der Waals surface area contributed by atoms with Crippen molar-refractivity contribution in [3.8, 4) is 17.2 Å². The van der Waals surface area contributed by atoms with E-state index in [2.05, 4.69) is 10.6 Å². The maximum absolute atomic E-state index is 14.3. The molecule has 5 rings (SSSR count). The Morgan fingerprint density at radius 2 is 1.81 bits per heavy atom. The standard InChI is InChI=1S/C32H34FN3O6/c1-20-25(24-7-6-22(33)16-27(24)26(20)17-30(37)35-18-23-5-4-12-41-23)13-21-14-28(39-2)32(29(15-21)40-3)42-31(38)19-36-10-8-34-9-11-36/h4-7,12-16,34H,8-11,17-19H2,1-3H3,(H,35,37)/b25-13-. The van der Waals surface area contributed by atoms with E-state index < -0.39 is 5.97 Å². The molecule has 220 valence electrons. The maximum atomic E-state index is 14.3. The Hall–Kier alpha value is -4.41. The monoisotopic (exact) mass is 575 g/mol. The van der Waals surface area contributed by atoms with E-state index in [1.807, 2.05) is 17.9 Å². The van der Waals surface area contributed by atoms with E-state index in [4.69, 9.17) is 18.6 Å². The van der Waals surface area contributed by atoms with Gasteiger partial charge in [-0.15, -0.1) is 0 Å². The molecule has 1 aliphatic heterocycles. The summed E-state index contributed by atoms with van der Waals surface area (Å²) in [6.07, 6.45) is 3.56. The molecule has 42 heavy (non-hydrogen) atoms. The summed E-state index contributed by atoms with van der Waals surface area (Å²) in [5.41, 5.74) is 4.64. The Bertz CT molecular complexity index is 1500. The Kier molecular flexibility index (Phi) is 9.04. The van der Waals surface area contributed by atoms with Crippen LogP contribution >= 0.6 is 0 Å². The number of hydrogen-bond donors (Lipinski definition) is 2. The third-order valence-corrected chi connectivity index (χ3v) is 7.40. The number of nitrogens with one attached hydrogen (secondary N) is 2. The lowest BCUT2D eigenvalue weighted by molar-refractivity contribution is -0.136. The molecule has 1 amide bonds. The number of furan rings is 1. The molecule has 0 bridgehead atoms. The summed E-state index contributed by atoms with van der Waals surface area (Å²) in [4.78, 5) is 27.6. The number of methoxy groups -OCH3 is 2. The number of hydrogen-bond acceptors (Lipinski definition) is 8. The van der Waals surface area contributed by atoms with Gasteiger partial charge in [-0.1, -0.05) is 6.07 Å². The molecule has 0 unspecified atom stereocenters. The van der Waals surface area contributed by atoms with Gasteiger partial charge in [0.1, 0.15) is 11.6 Å². The molecule has 9 nitrogen and oxygen atoms in total. The first kappa shape index (κ1) is 29.1. The van der Waals surface area contributed by atoms with Gasteiger partial charge < -0.3 is 29.3 Å². The van der Waals surface area contributed by atoms with Gasteiger partial charge in [-0.05, 0) is 82.8 Å². The van der Waals surface area contributed by atoms with Crippen LogP contribution in [0.4, 0.5) is 4.39 Å². The SMILES string of the molecule is COc1cc(/C=C2/C(C)=C(CC(=O)NCc3ccco3)c3cc(F)ccc32)cc(OC)c1OC(=O)CN1CCNCC1. The molecule has 2 aromatic carbocycles. The number of esters is 1. The highest BCUT2D eigenvalue weighted by atomic mass is 19.1. The molecule has 1 aromatic heterocycles.